The molecule has 1 atom stereocenters. The maximum atomic E-state index is 12.5. The summed E-state index contributed by atoms with van der Waals surface area (Å²) in [5.41, 5.74) is 0.811. The van der Waals surface area contributed by atoms with Crippen molar-refractivity contribution in [1.29, 1.82) is 0 Å². The number of hydrogen-bond donors (Lipinski definition) is 1. The molecule has 0 saturated carbocycles. The fourth-order valence-electron chi connectivity index (χ4n) is 3.23. The van der Waals surface area contributed by atoms with Crippen molar-refractivity contribution >= 4 is 16.9 Å². The summed E-state index contributed by atoms with van der Waals surface area (Å²) in [5, 5.41) is 3.54. The van der Waals surface area contributed by atoms with Gasteiger partial charge in [-0.1, -0.05) is 0 Å². The fraction of sp³-hybridized carbons (Fsp3) is 0.474. The number of aryl methyl sites for hydroxylation is 1. The van der Waals surface area contributed by atoms with Crippen LogP contribution in [0.1, 0.15) is 24.0 Å². The first-order valence-electron chi connectivity index (χ1n) is 8.60. The second kappa shape index (κ2) is 7.78. The molecule has 2 aromatic rings. The zero-order chi connectivity index (χ0) is 18.7. The molecule has 3 rings (SSSR count). The minimum absolute atomic E-state index is 0.0365. The molecule has 0 unspecified atom stereocenters. The van der Waals surface area contributed by atoms with Crippen LogP contribution in [0.25, 0.3) is 11.0 Å². The molecule has 26 heavy (non-hydrogen) atoms. The molecular weight excluding hydrogens is 338 g/mol. The summed E-state index contributed by atoms with van der Waals surface area (Å²) in [6.07, 6.45) is 1.98. The van der Waals surface area contributed by atoms with E-state index in [1.54, 1.807) is 19.1 Å². The van der Waals surface area contributed by atoms with Crippen LogP contribution in [-0.2, 0) is 16.0 Å². The molecule has 1 saturated heterocycles. The van der Waals surface area contributed by atoms with Crippen LogP contribution in [0.3, 0.4) is 0 Å². The Morgan fingerprint density at radius 3 is 2.77 bits per heavy atom. The Balaban J connectivity index is 1.86. The van der Waals surface area contributed by atoms with E-state index < -0.39 is 5.63 Å². The number of amides is 1. The molecule has 7 heteroatoms. The van der Waals surface area contributed by atoms with E-state index in [0.717, 1.165) is 19.4 Å². The van der Waals surface area contributed by atoms with Gasteiger partial charge in [0.2, 0.25) is 11.7 Å². The van der Waals surface area contributed by atoms with Crippen LogP contribution in [0.15, 0.2) is 21.3 Å². The minimum Gasteiger partial charge on any atom is -0.493 e. The van der Waals surface area contributed by atoms with Gasteiger partial charge < -0.3 is 23.9 Å². The lowest BCUT2D eigenvalue weighted by Gasteiger charge is -2.13. The molecule has 1 aliphatic rings. The van der Waals surface area contributed by atoms with Crippen LogP contribution >= 0.6 is 0 Å². The molecule has 0 spiro atoms. The van der Waals surface area contributed by atoms with E-state index in [1.807, 2.05) is 0 Å². The SMILES string of the molecule is COc1ccc2c(C)c(CC(=O)NC[C@@H]3CCCO3)c(=O)oc2c1OC. The highest BCUT2D eigenvalue weighted by molar-refractivity contribution is 5.89. The van der Waals surface area contributed by atoms with Gasteiger partial charge in [-0.3, -0.25) is 4.79 Å². The molecule has 0 radical (unpaired) electrons. The Morgan fingerprint density at radius 2 is 2.12 bits per heavy atom. The summed E-state index contributed by atoms with van der Waals surface area (Å²) in [4.78, 5) is 24.7. The van der Waals surface area contributed by atoms with Crippen molar-refractivity contribution in [1.82, 2.24) is 5.32 Å². The van der Waals surface area contributed by atoms with Gasteiger partial charge in [-0.2, -0.15) is 0 Å². The van der Waals surface area contributed by atoms with E-state index in [1.165, 1.54) is 14.2 Å². The van der Waals surface area contributed by atoms with E-state index in [4.69, 9.17) is 18.6 Å². The van der Waals surface area contributed by atoms with Crippen LogP contribution in [-0.4, -0.2) is 39.4 Å². The van der Waals surface area contributed by atoms with Crippen LogP contribution in [0, 0.1) is 6.92 Å². The Hall–Kier alpha value is -2.54. The Morgan fingerprint density at radius 1 is 1.31 bits per heavy atom. The maximum absolute atomic E-state index is 12.5. The van der Waals surface area contributed by atoms with Crippen molar-refractivity contribution < 1.29 is 23.4 Å². The van der Waals surface area contributed by atoms with E-state index in [9.17, 15) is 9.59 Å². The Bertz CT molecular complexity index is 866. The number of ether oxygens (including phenoxy) is 3. The molecule has 0 aliphatic carbocycles. The van der Waals surface area contributed by atoms with E-state index in [0.29, 0.717) is 40.1 Å². The van der Waals surface area contributed by atoms with Crippen molar-refractivity contribution in [2.24, 2.45) is 0 Å². The molecule has 1 N–H and O–H groups in total. The van der Waals surface area contributed by atoms with Gasteiger partial charge in [-0.25, -0.2) is 4.79 Å². The van der Waals surface area contributed by atoms with Gasteiger partial charge in [-0.05, 0) is 37.5 Å². The molecule has 1 aromatic carbocycles. The highest BCUT2D eigenvalue weighted by Crippen LogP contribution is 2.36. The smallest absolute Gasteiger partial charge is 0.340 e. The van der Waals surface area contributed by atoms with E-state index in [2.05, 4.69) is 5.32 Å². The highest BCUT2D eigenvalue weighted by atomic mass is 16.5. The summed E-state index contributed by atoms with van der Waals surface area (Å²) < 4.78 is 21.5. The fourth-order valence-corrected chi connectivity index (χ4v) is 3.23. The number of carbonyl (C=O) groups is 1. The second-order valence-corrected chi connectivity index (χ2v) is 6.29. The molecule has 1 aromatic heterocycles. The van der Waals surface area contributed by atoms with Crippen LogP contribution < -0.4 is 20.4 Å². The Kier molecular flexibility index (Phi) is 5.46. The second-order valence-electron chi connectivity index (χ2n) is 6.29. The summed E-state index contributed by atoms with van der Waals surface area (Å²) in [5.74, 6) is 0.611. The van der Waals surface area contributed by atoms with Gasteiger partial charge in [-0.15, -0.1) is 0 Å². The molecule has 1 aliphatic heterocycles. The number of carbonyl (C=O) groups excluding carboxylic acids is 1. The van der Waals surface area contributed by atoms with Gasteiger partial charge >= 0.3 is 5.63 Å². The predicted octanol–water partition coefficient (Wildman–Crippen LogP) is 1.96. The molecular formula is C19H23NO6. The quantitative estimate of drug-likeness (QED) is 0.792. The van der Waals surface area contributed by atoms with E-state index >= 15 is 0 Å². The number of rotatable bonds is 6. The molecule has 1 fully saturated rings. The summed E-state index contributed by atoms with van der Waals surface area (Å²) in [6, 6.07) is 3.54. The minimum atomic E-state index is -0.547. The molecule has 2 heterocycles. The Labute approximate surface area is 151 Å². The number of hydrogen-bond acceptors (Lipinski definition) is 6. The molecule has 140 valence electrons. The highest BCUT2D eigenvalue weighted by Gasteiger charge is 2.20. The van der Waals surface area contributed by atoms with Crippen LogP contribution in [0.5, 0.6) is 11.5 Å². The lowest BCUT2D eigenvalue weighted by Crippen LogP contribution is -2.34. The van der Waals surface area contributed by atoms with Gasteiger partial charge in [0.25, 0.3) is 0 Å². The largest absolute Gasteiger partial charge is 0.493 e. The van der Waals surface area contributed by atoms with Crippen LogP contribution in [0.4, 0.5) is 0 Å². The van der Waals surface area contributed by atoms with Crippen molar-refractivity contribution in [3.63, 3.8) is 0 Å². The number of fused-ring (bicyclic) bond motifs is 1. The third kappa shape index (κ3) is 3.53. The summed E-state index contributed by atoms with van der Waals surface area (Å²) in [7, 11) is 3.00. The van der Waals surface area contributed by atoms with Crippen molar-refractivity contribution in [3.05, 3.63) is 33.7 Å². The standard InChI is InChI=1S/C19H23NO6/c1-11-13-6-7-15(23-2)18(24-3)17(13)26-19(22)14(11)9-16(21)20-10-12-5-4-8-25-12/h6-7,12H,4-5,8-10H2,1-3H3,(H,20,21)/t12-/m0/s1. The monoisotopic (exact) mass is 361 g/mol. The van der Waals surface area contributed by atoms with E-state index in [-0.39, 0.29) is 18.4 Å². The first-order chi connectivity index (χ1) is 12.5. The van der Waals surface area contributed by atoms with Crippen LogP contribution in [0.2, 0.25) is 0 Å². The third-order valence-corrected chi connectivity index (χ3v) is 4.69. The number of nitrogens with one attached hydrogen (secondary N) is 1. The maximum Gasteiger partial charge on any atom is 0.340 e. The van der Waals surface area contributed by atoms with Gasteiger partial charge in [0.1, 0.15) is 0 Å². The van der Waals surface area contributed by atoms with Gasteiger partial charge in [0.15, 0.2) is 11.3 Å². The lowest BCUT2D eigenvalue weighted by molar-refractivity contribution is -0.121. The molecule has 0 bridgehead atoms. The topological polar surface area (TPSA) is 87.0 Å². The van der Waals surface area contributed by atoms with Crippen molar-refractivity contribution in [3.8, 4) is 11.5 Å². The van der Waals surface area contributed by atoms with Crippen molar-refractivity contribution in [2.45, 2.75) is 32.3 Å². The number of methoxy groups -OCH3 is 2. The molecule has 1 amide bonds. The zero-order valence-corrected chi connectivity index (χ0v) is 15.2. The first kappa shape index (κ1) is 18.3. The lowest BCUT2D eigenvalue weighted by atomic mass is 10.0. The molecule has 7 nitrogen and oxygen atoms in total. The third-order valence-electron chi connectivity index (χ3n) is 4.69. The van der Waals surface area contributed by atoms with Gasteiger partial charge in [0, 0.05) is 18.5 Å². The zero-order valence-electron chi connectivity index (χ0n) is 15.2. The summed E-state index contributed by atoms with van der Waals surface area (Å²) in [6.45, 7) is 2.99. The predicted molar refractivity (Wildman–Crippen MR) is 96.0 cm³/mol. The average Bonchev–Trinajstić information content (AvgIpc) is 3.16. The number of benzene rings is 1. The van der Waals surface area contributed by atoms with Gasteiger partial charge in [0.05, 0.1) is 32.3 Å². The van der Waals surface area contributed by atoms with Crippen molar-refractivity contribution in [2.75, 3.05) is 27.4 Å². The first-order valence-corrected chi connectivity index (χ1v) is 8.60. The average molecular weight is 361 g/mol. The normalized spacial score (nSPS) is 16.7. The summed E-state index contributed by atoms with van der Waals surface area (Å²) >= 11 is 0.